The summed E-state index contributed by atoms with van der Waals surface area (Å²) in [6, 6.07) is 17.8. The Labute approximate surface area is 159 Å². The van der Waals surface area contributed by atoms with E-state index in [1.807, 2.05) is 36.4 Å². The molecule has 27 heavy (non-hydrogen) atoms. The Kier molecular flexibility index (Phi) is 4.52. The Morgan fingerprint density at radius 1 is 1.22 bits per heavy atom. The summed E-state index contributed by atoms with van der Waals surface area (Å²) in [5.74, 6) is -0.886. The van der Waals surface area contributed by atoms with E-state index >= 15 is 0 Å². The van der Waals surface area contributed by atoms with Crippen LogP contribution >= 0.6 is 11.8 Å². The molecule has 2 heterocycles. The lowest BCUT2D eigenvalue weighted by atomic mass is 10.0. The van der Waals surface area contributed by atoms with E-state index in [0.29, 0.717) is 15.6 Å². The zero-order valence-electron chi connectivity index (χ0n) is 14.2. The molecule has 4 rings (SSSR count). The van der Waals surface area contributed by atoms with Crippen LogP contribution in [-0.4, -0.2) is 22.0 Å². The number of hydrogen-bond acceptors (Lipinski definition) is 4. The van der Waals surface area contributed by atoms with Gasteiger partial charge in [0.25, 0.3) is 5.91 Å². The molecule has 1 aliphatic heterocycles. The van der Waals surface area contributed by atoms with Crippen LogP contribution in [0.4, 0.5) is 5.69 Å². The van der Waals surface area contributed by atoms with Crippen molar-refractivity contribution in [2.24, 2.45) is 10.7 Å². The van der Waals surface area contributed by atoms with Gasteiger partial charge in [-0.15, -0.1) is 0 Å². The molecule has 3 aromatic rings. The number of aromatic nitrogens is 1. The summed E-state index contributed by atoms with van der Waals surface area (Å²) < 4.78 is 0. The summed E-state index contributed by atoms with van der Waals surface area (Å²) in [4.78, 5) is 31.9. The van der Waals surface area contributed by atoms with Gasteiger partial charge >= 0.3 is 0 Å². The maximum Gasteiger partial charge on any atom is 0.286 e. The number of fused-ring (bicyclic) bond motifs is 1. The van der Waals surface area contributed by atoms with Crippen LogP contribution in [-0.2, 0) is 9.59 Å². The standard InChI is InChI=1S/C20H15N4O2S/c21-17(25)10-14(15-11-22-16-9-5-4-8-13(15)16)18-19(26)24-20(27-18)23-12-6-2-1-3-7-12/h2-9,11,22H,10H2,(H2,21,25)(H,23,24,26). The van der Waals surface area contributed by atoms with Gasteiger partial charge in [-0.3, -0.25) is 9.59 Å². The molecule has 0 saturated heterocycles. The zero-order chi connectivity index (χ0) is 18.8. The van der Waals surface area contributed by atoms with Gasteiger partial charge < -0.3 is 16.0 Å². The molecular weight excluding hydrogens is 360 g/mol. The van der Waals surface area contributed by atoms with Crippen LogP contribution in [0.2, 0.25) is 0 Å². The molecule has 133 valence electrons. The van der Waals surface area contributed by atoms with Crippen molar-refractivity contribution in [2.75, 3.05) is 5.32 Å². The highest BCUT2D eigenvalue weighted by atomic mass is 32.2. The zero-order valence-corrected chi connectivity index (χ0v) is 15.0. The highest BCUT2D eigenvalue weighted by Crippen LogP contribution is 2.38. The molecule has 0 unspecified atom stereocenters. The van der Waals surface area contributed by atoms with Gasteiger partial charge in [0.2, 0.25) is 5.91 Å². The van der Waals surface area contributed by atoms with E-state index < -0.39 is 5.91 Å². The van der Waals surface area contributed by atoms with Crippen LogP contribution in [0, 0.1) is 6.07 Å². The van der Waals surface area contributed by atoms with Crippen molar-refractivity contribution in [3.63, 3.8) is 0 Å². The third-order valence-corrected chi connectivity index (χ3v) is 5.12. The highest BCUT2D eigenvalue weighted by Gasteiger charge is 2.28. The molecule has 2 amide bonds. The molecule has 1 radical (unpaired) electrons. The van der Waals surface area contributed by atoms with Crippen LogP contribution in [0.25, 0.3) is 16.5 Å². The number of H-pyrrole nitrogens is 1. The minimum Gasteiger partial charge on any atom is -0.369 e. The van der Waals surface area contributed by atoms with E-state index in [1.165, 1.54) is 11.8 Å². The normalized spacial score (nSPS) is 15.7. The SMILES string of the molecule is NC(=O)CC(=C1SC(Nc2cc[c]cc2)=NC1=O)c1c[nH]c2ccccc12. The molecule has 4 N–H and O–H groups in total. The molecule has 1 aliphatic rings. The van der Waals surface area contributed by atoms with Gasteiger partial charge in [0.1, 0.15) is 0 Å². The number of hydrogen-bond donors (Lipinski definition) is 3. The van der Waals surface area contributed by atoms with E-state index in [0.717, 1.165) is 22.2 Å². The Balaban J connectivity index is 1.73. The second-order valence-corrected chi connectivity index (χ2v) is 6.94. The van der Waals surface area contributed by atoms with Gasteiger partial charge in [0.05, 0.1) is 11.3 Å². The summed E-state index contributed by atoms with van der Waals surface area (Å²) in [5, 5.41) is 4.49. The van der Waals surface area contributed by atoms with Crippen molar-refractivity contribution in [2.45, 2.75) is 6.42 Å². The van der Waals surface area contributed by atoms with Crippen molar-refractivity contribution in [3.8, 4) is 0 Å². The van der Waals surface area contributed by atoms with Gasteiger partial charge in [0.15, 0.2) is 5.17 Å². The molecule has 6 nitrogen and oxygen atoms in total. The number of benzene rings is 2. The van der Waals surface area contributed by atoms with E-state index in [4.69, 9.17) is 5.73 Å². The highest BCUT2D eigenvalue weighted by molar-refractivity contribution is 8.18. The minimum atomic E-state index is -0.504. The first-order valence-corrected chi connectivity index (χ1v) is 9.05. The fourth-order valence-corrected chi connectivity index (χ4v) is 3.87. The number of amides is 2. The number of nitrogens with two attached hydrogens (primary N) is 1. The van der Waals surface area contributed by atoms with Crippen LogP contribution in [0.5, 0.6) is 0 Å². The van der Waals surface area contributed by atoms with Gasteiger partial charge in [-0.05, 0) is 41.6 Å². The Hall–Kier alpha value is -3.32. The number of carbonyl (C=O) groups excluding carboxylic acids is 2. The summed E-state index contributed by atoms with van der Waals surface area (Å²) in [6.45, 7) is 0. The van der Waals surface area contributed by atoms with Crippen molar-refractivity contribution >= 4 is 50.9 Å². The average molecular weight is 375 g/mol. The fraction of sp³-hybridized carbons (Fsp3) is 0.0500. The molecule has 1 aromatic heterocycles. The number of aliphatic imine (C=N–C) groups is 1. The van der Waals surface area contributed by atoms with Crippen molar-refractivity contribution in [1.82, 2.24) is 4.98 Å². The number of thioether (sulfide) groups is 1. The second-order valence-electron chi connectivity index (χ2n) is 5.94. The van der Waals surface area contributed by atoms with Crippen LogP contribution < -0.4 is 11.1 Å². The number of rotatable bonds is 4. The number of nitrogens with one attached hydrogen (secondary N) is 2. The first-order chi connectivity index (χ1) is 13.1. The smallest absolute Gasteiger partial charge is 0.286 e. The maximum atomic E-state index is 12.6. The molecule has 0 spiro atoms. The van der Waals surface area contributed by atoms with Gasteiger partial charge in [-0.2, -0.15) is 4.99 Å². The molecule has 2 aromatic carbocycles. The van der Waals surface area contributed by atoms with E-state index in [9.17, 15) is 9.59 Å². The third kappa shape index (κ3) is 3.50. The quantitative estimate of drug-likeness (QED) is 0.609. The summed E-state index contributed by atoms with van der Waals surface area (Å²) in [6.07, 6.45) is 1.75. The summed E-state index contributed by atoms with van der Waals surface area (Å²) >= 11 is 1.21. The fourth-order valence-electron chi connectivity index (χ4n) is 2.94. The Bertz CT molecular complexity index is 1100. The lowest BCUT2D eigenvalue weighted by molar-refractivity contribution is -0.117. The first-order valence-electron chi connectivity index (χ1n) is 8.24. The molecule has 0 aliphatic carbocycles. The second kappa shape index (κ2) is 7.13. The topological polar surface area (TPSA) is 100 Å². The van der Waals surface area contributed by atoms with Gasteiger partial charge in [0, 0.05) is 28.4 Å². The number of aromatic amines is 1. The molecule has 0 atom stereocenters. The number of nitrogens with zero attached hydrogens (tertiary/aromatic N) is 1. The number of carbonyl (C=O) groups is 2. The Morgan fingerprint density at radius 2 is 2.00 bits per heavy atom. The summed E-state index contributed by atoms with van der Waals surface area (Å²) in [7, 11) is 0. The summed E-state index contributed by atoms with van der Waals surface area (Å²) in [5.41, 5.74) is 8.54. The van der Waals surface area contributed by atoms with E-state index in [-0.39, 0.29) is 12.3 Å². The van der Waals surface area contributed by atoms with Gasteiger partial charge in [-0.25, -0.2) is 0 Å². The van der Waals surface area contributed by atoms with Crippen molar-refractivity contribution in [1.29, 1.82) is 0 Å². The molecule has 7 heteroatoms. The van der Waals surface area contributed by atoms with Crippen LogP contribution in [0.15, 0.2) is 64.6 Å². The largest absolute Gasteiger partial charge is 0.369 e. The van der Waals surface area contributed by atoms with E-state index in [2.05, 4.69) is 21.4 Å². The number of primary amides is 1. The number of anilines is 1. The van der Waals surface area contributed by atoms with E-state index in [1.54, 1.807) is 18.3 Å². The first kappa shape index (κ1) is 17.1. The monoisotopic (exact) mass is 375 g/mol. The third-order valence-electron chi connectivity index (χ3n) is 4.11. The maximum absolute atomic E-state index is 12.6. The number of amidine groups is 1. The average Bonchev–Trinajstić information content (AvgIpc) is 3.24. The molecule has 0 saturated carbocycles. The molecule has 0 bridgehead atoms. The molecular formula is C20H15N4O2S. The Morgan fingerprint density at radius 3 is 2.78 bits per heavy atom. The van der Waals surface area contributed by atoms with Crippen LogP contribution in [0.1, 0.15) is 12.0 Å². The lowest BCUT2D eigenvalue weighted by Gasteiger charge is -2.08. The van der Waals surface area contributed by atoms with Crippen molar-refractivity contribution in [3.05, 3.63) is 71.3 Å². The molecule has 0 fully saturated rings. The van der Waals surface area contributed by atoms with Crippen molar-refractivity contribution < 1.29 is 9.59 Å². The number of para-hydroxylation sites is 1. The predicted molar refractivity (Wildman–Crippen MR) is 108 cm³/mol. The predicted octanol–water partition coefficient (Wildman–Crippen LogP) is 3.30. The van der Waals surface area contributed by atoms with Crippen LogP contribution in [0.3, 0.4) is 0 Å². The lowest BCUT2D eigenvalue weighted by Crippen LogP contribution is -2.12. The minimum absolute atomic E-state index is 0.0426. The van der Waals surface area contributed by atoms with Gasteiger partial charge in [-0.1, -0.05) is 30.3 Å².